The fourth-order valence-corrected chi connectivity index (χ4v) is 5.14. The van der Waals surface area contributed by atoms with Crippen LogP contribution in [-0.2, 0) is 32.6 Å². The van der Waals surface area contributed by atoms with Crippen LogP contribution in [0, 0.1) is 0 Å². The van der Waals surface area contributed by atoms with Crippen LogP contribution < -0.4 is 0 Å². The number of phosphoric ester groups is 1. The highest BCUT2D eigenvalue weighted by molar-refractivity contribution is 7.47. The van der Waals surface area contributed by atoms with E-state index in [1.54, 1.807) is 13.8 Å². The maximum Gasteiger partial charge on any atom is 0.472 e. The summed E-state index contributed by atoms with van der Waals surface area (Å²) in [4.78, 5) is 10.1. The molecule has 0 saturated carbocycles. The first-order chi connectivity index (χ1) is 18.7. The van der Waals surface area contributed by atoms with E-state index in [4.69, 9.17) is 28.0 Å². The molecule has 0 radical (unpaired) electrons. The zero-order valence-corrected chi connectivity index (χ0v) is 27.1. The van der Waals surface area contributed by atoms with E-state index in [1.807, 2.05) is 13.8 Å². The third-order valence-electron chi connectivity index (χ3n) is 6.35. The van der Waals surface area contributed by atoms with Gasteiger partial charge in [-0.1, -0.05) is 90.9 Å². The van der Waals surface area contributed by atoms with Crippen molar-refractivity contribution in [3.8, 4) is 0 Å². The maximum absolute atomic E-state index is 12.4. The second-order valence-corrected chi connectivity index (χ2v) is 12.3. The lowest BCUT2D eigenvalue weighted by atomic mass is 10.1. The van der Waals surface area contributed by atoms with Crippen molar-refractivity contribution in [1.29, 1.82) is 0 Å². The summed E-state index contributed by atoms with van der Waals surface area (Å²) in [6, 6.07) is 0. The van der Waals surface area contributed by atoms with Crippen LogP contribution in [0.15, 0.2) is 0 Å². The molecule has 0 fully saturated rings. The van der Waals surface area contributed by atoms with Crippen molar-refractivity contribution in [2.24, 2.45) is 0 Å². The maximum atomic E-state index is 12.4. The Hall–Kier alpha value is -0.0500. The molecule has 0 aliphatic carbocycles. The van der Waals surface area contributed by atoms with Gasteiger partial charge in [-0.15, -0.1) is 0 Å². The van der Waals surface area contributed by atoms with Crippen molar-refractivity contribution in [1.82, 2.24) is 0 Å². The van der Waals surface area contributed by atoms with Gasteiger partial charge in [0, 0.05) is 13.2 Å². The van der Waals surface area contributed by atoms with Gasteiger partial charge in [-0.2, -0.15) is 0 Å². The van der Waals surface area contributed by atoms with Crippen molar-refractivity contribution < 1.29 is 37.5 Å². The van der Waals surface area contributed by atoms with E-state index in [9.17, 15) is 9.46 Å². The summed E-state index contributed by atoms with van der Waals surface area (Å²) in [5.74, 6) is 0. The first-order valence-electron chi connectivity index (χ1n) is 15.8. The van der Waals surface area contributed by atoms with Crippen LogP contribution in [0.3, 0.4) is 0 Å². The predicted octanol–water partition coefficient (Wildman–Crippen LogP) is 8.24. The summed E-state index contributed by atoms with van der Waals surface area (Å²) in [7, 11) is -4.24. The molecule has 0 heterocycles. The molecule has 0 aromatic rings. The average molecular weight is 583 g/mol. The largest absolute Gasteiger partial charge is 0.472 e. The van der Waals surface area contributed by atoms with Gasteiger partial charge in [0.2, 0.25) is 0 Å². The van der Waals surface area contributed by atoms with Gasteiger partial charge in [0.25, 0.3) is 0 Å². The van der Waals surface area contributed by atoms with Gasteiger partial charge in [0.05, 0.1) is 50.8 Å². The Balaban J connectivity index is 3.82. The van der Waals surface area contributed by atoms with Crippen LogP contribution >= 0.6 is 7.82 Å². The van der Waals surface area contributed by atoms with E-state index < -0.39 is 20.0 Å². The Morgan fingerprint density at radius 3 is 1.21 bits per heavy atom. The van der Waals surface area contributed by atoms with Crippen LogP contribution in [-0.4, -0.2) is 69.0 Å². The van der Waals surface area contributed by atoms with E-state index in [1.165, 1.54) is 77.0 Å². The van der Waals surface area contributed by atoms with E-state index in [0.29, 0.717) is 13.2 Å². The minimum absolute atomic E-state index is 0.124. The molecule has 236 valence electrons. The van der Waals surface area contributed by atoms with E-state index >= 15 is 0 Å². The summed E-state index contributed by atoms with van der Waals surface area (Å²) < 4.78 is 45.7. The Morgan fingerprint density at radius 1 is 0.513 bits per heavy atom. The van der Waals surface area contributed by atoms with Crippen molar-refractivity contribution in [2.75, 3.05) is 39.6 Å². The van der Waals surface area contributed by atoms with Gasteiger partial charge in [0.15, 0.2) is 0 Å². The van der Waals surface area contributed by atoms with Crippen molar-refractivity contribution in [3.05, 3.63) is 0 Å². The van der Waals surface area contributed by atoms with Crippen molar-refractivity contribution >= 4 is 7.82 Å². The van der Waals surface area contributed by atoms with Gasteiger partial charge in [0.1, 0.15) is 0 Å². The highest BCUT2D eigenvalue weighted by atomic mass is 31.2. The Labute approximate surface area is 240 Å². The highest BCUT2D eigenvalue weighted by Crippen LogP contribution is 2.45. The topological polar surface area (TPSA) is 92.7 Å². The highest BCUT2D eigenvalue weighted by Gasteiger charge is 2.28. The molecule has 4 unspecified atom stereocenters. The minimum Gasteiger partial charge on any atom is -0.379 e. The van der Waals surface area contributed by atoms with Crippen LogP contribution in [0.25, 0.3) is 0 Å². The fraction of sp³-hybridized carbons (Fsp3) is 1.00. The quantitative estimate of drug-likeness (QED) is 0.0669. The molecule has 8 nitrogen and oxygen atoms in total. The van der Waals surface area contributed by atoms with Crippen molar-refractivity contribution in [3.63, 3.8) is 0 Å². The molecule has 0 saturated heterocycles. The average Bonchev–Trinajstić information content (AvgIpc) is 2.88. The molecule has 0 bridgehead atoms. The zero-order chi connectivity index (χ0) is 29.2. The summed E-state index contributed by atoms with van der Waals surface area (Å²) in [5, 5.41) is 0. The van der Waals surface area contributed by atoms with E-state index in [-0.39, 0.29) is 25.4 Å². The lowest BCUT2D eigenvalue weighted by molar-refractivity contribution is -0.0508. The first-order valence-corrected chi connectivity index (χ1v) is 17.3. The molecule has 9 heteroatoms. The smallest absolute Gasteiger partial charge is 0.379 e. The van der Waals surface area contributed by atoms with E-state index in [2.05, 4.69) is 13.8 Å². The molecule has 0 aliphatic rings. The van der Waals surface area contributed by atoms with Gasteiger partial charge in [-0.25, -0.2) is 4.57 Å². The third kappa shape index (κ3) is 27.9. The van der Waals surface area contributed by atoms with Gasteiger partial charge in [-0.3, -0.25) is 9.05 Å². The number of hydrogen-bond donors (Lipinski definition) is 1. The van der Waals surface area contributed by atoms with Crippen LogP contribution in [0.2, 0.25) is 0 Å². The van der Waals surface area contributed by atoms with Crippen LogP contribution in [0.1, 0.15) is 131 Å². The summed E-state index contributed by atoms with van der Waals surface area (Å²) in [6.45, 7) is 14.5. The first kappa shape index (κ1) is 39.0. The third-order valence-corrected chi connectivity index (χ3v) is 7.60. The number of rotatable bonds is 30. The molecular weight excluding hydrogens is 519 g/mol. The molecule has 0 amide bonds. The number of hydrogen-bond acceptors (Lipinski definition) is 7. The van der Waals surface area contributed by atoms with Crippen molar-refractivity contribution in [2.45, 2.75) is 156 Å². The lowest BCUT2D eigenvalue weighted by Crippen LogP contribution is -2.25. The molecule has 0 aliphatic heterocycles. The standard InChI is InChI=1S/C30H63O8P/c1-7-9-11-13-15-17-19-21-33-23-27(3)35-25-29(5)37-39(31,32)38-30(6)26-36-28(4)24-34-22-20-18-16-14-12-10-8-2/h27-30H,7-26H2,1-6H3,(H,31,32). The Morgan fingerprint density at radius 2 is 0.846 bits per heavy atom. The zero-order valence-electron chi connectivity index (χ0n) is 26.2. The minimum atomic E-state index is -4.24. The molecule has 0 spiro atoms. The summed E-state index contributed by atoms with van der Waals surface area (Å²) in [6.07, 6.45) is 16.1. The Bertz CT molecular complexity index is 521. The van der Waals surface area contributed by atoms with Gasteiger partial charge < -0.3 is 23.8 Å². The van der Waals surface area contributed by atoms with E-state index in [0.717, 1.165) is 26.1 Å². The number of ether oxygens (including phenoxy) is 4. The lowest BCUT2D eigenvalue weighted by Gasteiger charge is -2.23. The molecule has 0 rings (SSSR count). The molecular formula is C30H63O8P. The second kappa shape index (κ2) is 26.8. The monoisotopic (exact) mass is 582 g/mol. The molecule has 1 N–H and O–H groups in total. The number of phosphoric acid groups is 1. The van der Waals surface area contributed by atoms with Crippen LogP contribution in [0.5, 0.6) is 0 Å². The fourth-order valence-electron chi connectivity index (χ4n) is 4.06. The van der Waals surface area contributed by atoms with Gasteiger partial charge in [-0.05, 0) is 40.5 Å². The Kier molecular flexibility index (Phi) is 26.8. The second-order valence-electron chi connectivity index (χ2n) is 11.0. The molecule has 39 heavy (non-hydrogen) atoms. The normalized spacial score (nSPS) is 16.6. The van der Waals surface area contributed by atoms with Gasteiger partial charge >= 0.3 is 7.82 Å². The molecule has 0 aromatic heterocycles. The SMILES string of the molecule is CCCCCCCCCOCC(C)OCC(C)OP(=O)(O)OC(C)COC(C)COCCCCCCCCC. The summed E-state index contributed by atoms with van der Waals surface area (Å²) >= 11 is 0. The number of unbranched alkanes of at least 4 members (excludes halogenated alkanes) is 12. The molecule has 4 atom stereocenters. The summed E-state index contributed by atoms with van der Waals surface area (Å²) in [5.41, 5.74) is 0. The van der Waals surface area contributed by atoms with Crippen LogP contribution in [0.4, 0.5) is 0 Å². The molecule has 0 aromatic carbocycles. The predicted molar refractivity (Wildman–Crippen MR) is 159 cm³/mol.